The van der Waals surface area contributed by atoms with Gasteiger partial charge >= 0.3 is 0 Å². The highest BCUT2D eigenvalue weighted by atomic mass is 35.7. The summed E-state index contributed by atoms with van der Waals surface area (Å²) in [5.41, 5.74) is -0.417. The van der Waals surface area contributed by atoms with Crippen molar-refractivity contribution in [3.63, 3.8) is 0 Å². The summed E-state index contributed by atoms with van der Waals surface area (Å²) in [6.07, 6.45) is 6.45. The van der Waals surface area contributed by atoms with E-state index in [0.29, 0.717) is 5.82 Å². The molecule has 0 aliphatic heterocycles. The molecule has 0 fully saturated rings. The van der Waals surface area contributed by atoms with E-state index in [4.69, 9.17) is 10.7 Å². The lowest BCUT2D eigenvalue weighted by molar-refractivity contribution is 0.349. The molecule has 1 heterocycles. The average Bonchev–Trinajstić information content (AvgIpc) is 2.72. The van der Waals surface area contributed by atoms with Crippen molar-refractivity contribution in [1.29, 1.82) is 0 Å². The third kappa shape index (κ3) is 4.74. The minimum absolute atomic E-state index is 0.157. The summed E-state index contributed by atoms with van der Waals surface area (Å²) in [5, 5.41) is 7.62. The Hall–Kier alpha value is -0.620. The van der Waals surface area contributed by atoms with E-state index in [0.717, 1.165) is 19.3 Å². The maximum absolute atomic E-state index is 11.6. The van der Waals surface area contributed by atoms with Gasteiger partial charge in [-0.25, -0.2) is 8.42 Å². The third-order valence-electron chi connectivity index (χ3n) is 3.09. The molecule has 0 spiro atoms. The predicted molar refractivity (Wildman–Crippen MR) is 80.5 cm³/mol. The number of aromatic nitrogens is 3. The van der Waals surface area contributed by atoms with E-state index in [-0.39, 0.29) is 5.16 Å². The molecule has 1 aromatic heterocycles. The highest BCUT2D eigenvalue weighted by molar-refractivity contribution is 8.13. The van der Waals surface area contributed by atoms with Gasteiger partial charge in [0.05, 0.1) is 0 Å². The molecule has 0 atom stereocenters. The van der Waals surface area contributed by atoms with Gasteiger partial charge in [-0.2, -0.15) is 0 Å². The zero-order valence-electron chi connectivity index (χ0n) is 12.7. The van der Waals surface area contributed by atoms with Crippen molar-refractivity contribution in [2.45, 2.75) is 76.9 Å². The Morgan fingerprint density at radius 2 is 1.70 bits per heavy atom. The molecule has 0 aliphatic carbocycles. The highest BCUT2D eigenvalue weighted by Crippen LogP contribution is 2.24. The maximum atomic E-state index is 11.6. The van der Waals surface area contributed by atoms with E-state index in [1.54, 1.807) is 4.57 Å². The molecule has 0 bridgehead atoms. The Morgan fingerprint density at radius 1 is 1.10 bits per heavy atom. The zero-order valence-corrected chi connectivity index (χ0v) is 14.3. The van der Waals surface area contributed by atoms with Crippen LogP contribution in [-0.2, 0) is 21.0 Å². The zero-order chi connectivity index (χ0) is 15.4. The molecular weight excluding hydrogens is 298 g/mol. The molecule has 0 unspecified atom stereocenters. The predicted octanol–water partition coefficient (Wildman–Crippen LogP) is 3.47. The van der Waals surface area contributed by atoms with Gasteiger partial charge in [0.15, 0.2) is 0 Å². The number of hydrogen-bond acceptors (Lipinski definition) is 4. The van der Waals surface area contributed by atoms with E-state index in [1.165, 1.54) is 19.3 Å². The molecule has 1 aromatic rings. The number of rotatable bonds is 7. The first-order chi connectivity index (χ1) is 9.18. The Bertz CT molecular complexity index is 532. The van der Waals surface area contributed by atoms with Crippen LogP contribution in [0.3, 0.4) is 0 Å². The Kier molecular flexibility index (Phi) is 6.01. The van der Waals surface area contributed by atoms with Crippen molar-refractivity contribution in [3.8, 4) is 0 Å². The standard InChI is InChI=1S/C13H24ClN3O2S/c1-5-6-7-8-9-10-11-15-16-12(20(14,18)19)17(11)13(2,3)4/h5-10H2,1-4H3. The lowest BCUT2D eigenvalue weighted by atomic mass is 10.1. The van der Waals surface area contributed by atoms with Crippen molar-refractivity contribution in [2.75, 3.05) is 0 Å². The van der Waals surface area contributed by atoms with Gasteiger partial charge in [-0.05, 0) is 27.2 Å². The Labute approximate surface area is 126 Å². The molecule has 0 saturated carbocycles. The highest BCUT2D eigenvalue weighted by Gasteiger charge is 2.29. The fourth-order valence-electron chi connectivity index (χ4n) is 2.18. The number of unbranched alkanes of at least 4 members (excludes halogenated alkanes) is 4. The van der Waals surface area contributed by atoms with Gasteiger partial charge in [-0.3, -0.25) is 4.57 Å². The molecule has 1 rings (SSSR count). The van der Waals surface area contributed by atoms with Gasteiger partial charge in [-0.15, -0.1) is 10.2 Å². The quantitative estimate of drug-likeness (QED) is 0.569. The number of halogens is 1. The monoisotopic (exact) mass is 321 g/mol. The van der Waals surface area contributed by atoms with Gasteiger partial charge in [0.2, 0.25) is 0 Å². The minimum Gasteiger partial charge on any atom is -0.295 e. The summed E-state index contributed by atoms with van der Waals surface area (Å²) < 4.78 is 24.8. The van der Waals surface area contributed by atoms with E-state index >= 15 is 0 Å². The van der Waals surface area contributed by atoms with Gasteiger partial charge in [0, 0.05) is 22.6 Å². The second-order valence-corrected chi connectivity index (χ2v) is 8.47. The first kappa shape index (κ1) is 17.4. The number of hydrogen-bond donors (Lipinski definition) is 0. The summed E-state index contributed by atoms with van der Waals surface area (Å²) in [5.74, 6) is 0.688. The average molecular weight is 322 g/mol. The van der Waals surface area contributed by atoms with E-state index in [1.807, 2.05) is 20.8 Å². The molecule has 20 heavy (non-hydrogen) atoms. The van der Waals surface area contributed by atoms with Gasteiger partial charge < -0.3 is 0 Å². The van der Waals surface area contributed by atoms with Crippen molar-refractivity contribution in [1.82, 2.24) is 14.8 Å². The van der Waals surface area contributed by atoms with Crippen molar-refractivity contribution >= 4 is 19.7 Å². The van der Waals surface area contributed by atoms with Gasteiger partial charge in [-0.1, -0.05) is 32.6 Å². The lowest BCUT2D eigenvalue weighted by Gasteiger charge is -2.24. The van der Waals surface area contributed by atoms with Crippen LogP contribution in [0.2, 0.25) is 0 Å². The van der Waals surface area contributed by atoms with Crippen LogP contribution in [0.25, 0.3) is 0 Å². The van der Waals surface area contributed by atoms with Crippen LogP contribution in [0.5, 0.6) is 0 Å². The Balaban J connectivity index is 2.90. The van der Waals surface area contributed by atoms with Crippen LogP contribution in [0.4, 0.5) is 0 Å². The van der Waals surface area contributed by atoms with E-state index < -0.39 is 14.6 Å². The molecule has 7 heteroatoms. The molecular formula is C13H24ClN3O2S. The molecule has 0 N–H and O–H groups in total. The lowest BCUT2D eigenvalue weighted by Crippen LogP contribution is -2.27. The molecule has 116 valence electrons. The smallest absolute Gasteiger partial charge is 0.295 e. The second-order valence-electron chi connectivity index (χ2n) is 6.01. The minimum atomic E-state index is -3.87. The summed E-state index contributed by atoms with van der Waals surface area (Å²) in [6, 6.07) is 0. The summed E-state index contributed by atoms with van der Waals surface area (Å²) in [7, 11) is 1.56. The van der Waals surface area contributed by atoms with Crippen LogP contribution in [0, 0.1) is 0 Å². The maximum Gasteiger partial charge on any atom is 0.296 e. The number of aryl methyl sites for hydroxylation is 1. The van der Waals surface area contributed by atoms with Crippen molar-refractivity contribution in [2.24, 2.45) is 0 Å². The van der Waals surface area contributed by atoms with Crippen LogP contribution < -0.4 is 0 Å². The molecule has 0 radical (unpaired) electrons. The first-order valence-corrected chi connectivity index (χ1v) is 9.38. The van der Waals surface area contributed by atoms with Crippen LogP contribution in [-0.4, -0.2) is 23.2 Å². The van der Waals surface area contributed by atoms with Crippen molar-refractivity contribution in [3.05, 3.63) is 5.82 Å². The SMILES string of the molecule is CCCCCCCc1nnc(S(=O)(=O)Cl)n1C(C)(C)C. The van der Waals surface area contributed by atoms with Crippen LogP contribution in [0.15, 0.2) is 5.16 Å². The molecule has 5 nitrogen and oxygen atoms in total. The van der Waals surface area contributed by atoms with Crippen LogP contribution >= 0.6 is 10.7 Å². The summed E-state index contributed by atoms with van der Waals surface area (Å²) in [6.45, 7) is 7.93. The van der Waals surface area contributed by atoms with Crippen molar-refractivity contribution < 1.29 is 8.42 Å². The summed E-state index contributed by atoms with van der Waals surface area (Å²) in [4.78, 5) is 0. The fraction of sp³-hybridized carbons (Fsp3) is 0.846. The molecule has 0 aliphatic rings. The third-order valence-corrected chi connectivity index (χ3v) is 4.21. The molecule has 0 amide bonds. The van der Waals surface area contributed by atoms with E-state index in [9.17, 15) is 8.42 Å². The van der Waals surface area contributed by atoms with Crippen LogP contribution in [0.1, 0.15) is 65.6 Å². The largest absolute Gasteiger partial charge is 0.296 e. The second kappa shape index (κ2) is 6.89. The Morgan fingerprint density at radius 3 is 2.20 bits per heavy atom. The van der Waals surface area contributed by atoms with E-state index in [2.05, 4.69) is 17.1 Å². The van der Waals surface area contributed by atoms with Gasteiger partial charge in [0.25, 0.3) is 14.2 Å². The molecule has 0 saturated heterocycles. The normalized spacial score (nSPS) is 12.8. The van der Waals surface area contributed by atoms with Gasteiger partial charge in [0.1, 0.15) is 5.82 Å². The number of nitrogens with zero attached hydrogens (tertiary/aromatic N) is 3. The molecule has 0 aromatic carbocycles. The summed E-state index contributed by atoms with van der Waals surface area (Å²) >= 11 is 0. The topological polar surface area (TPSA) is 64.8 Å². The fourth-order valence-corrected chi connectivity index (χ4v) is 3.22. The first-order valence-electron chi connectivity index (χ1n) is 7.07.